The number of dihydropyridines is 1. The Bertz CT molecular complexity index is 1290. The van der Waals surface area contributed by atoms with Crippen LogP contribution in [0.4, 0.5) is 5.69 Å². The summed E-state index contributed by atoms with van der Waals surface area (Å²) < 4.78 is 42.5. The zero-order valence-corrected chi connectivity index (χ0v) is 24.1. The molecule has 0 bridgehead atoms. The van der Waals surface area contributed by atoms with Gasteiger partial charge in [-0.15, -0.1) is 0 Å². The summed E-state index contributed by atoms with van der Waals surface area (Å²) in [5, 5.41) is 5.49. The molecular formula is C27H35N3O9S. The molecule has 0 saturated carbocycles. The Labute approximate surface area is 233 Å². The fraction of sp³-hybridized carbons (Fsp3) is 0.481. The molecule has 218 valence electrons. The van der Waals surface area contributed by atoms with Crippen LogP contribution >= 0.6 is 0 Å². The second kappa shape index (κ2) is 13.1. The highest BCUT2D eigenvalue weighted by Gasteiger charge is 2.43. The first kappa shape index (κ1) is 30.8. The van der Waals surface area contributed by atoms with Crippen LogP contribution in [-0.4, -0.2) is 68.9 Å². The van der Waals surface area contributed by atoms with Gasteiger partial charge in [-0.3, -0.25) is 9.59 Å². The number of nitrogens with one attached hydrogen (secondary N) is 2. The van der Waals surface area contributed by atoms with Crippen molar-refractivity contribution in [3.05, 3.63) is 46.8 Å². The molecule has 2 aliphatic heterocycles. The molecule has 40 heavy (non-hydrogen) atoms. The lowest BCUT2D eigenvalue weighted by Gasteiger charge is -2.29. The molecule has 0 spiro atoms. The van der Waals surface area contributed by atoms with Gasteiger partial charge in [-0.2, -0.15) is 4.31 Å². The molecule has 1 saturated heterocycles. The van der Waals surface area contributed by atoms with Crippen molar-refractivity contribution < 1.29 is 41.8 Å². The van der Waals surface area contributed by atoms with E-state index < -0.39 is 45.9 Å². The van der Waals surface area contributed by atoms with Crippen molar-refractivity contribution in [3.8, 4) is 0 Å². The van der Waals surface area contributed by atoms with Crippen molar-refractivity contribution >= 4 is 39.5 Å². The number of hydrogen-bond donors (Lipinski definition) is 2. The molecule has 0 radical (unpaired) electrons. The Morgan fingerprint density at radius 1 is 0.950 bits per heavy atom. The van der Waals surface area contributed by atoms with Crippen LogP contribution in [-0.2, 0) is 43.4 Å². The summed E-state index contributed by atoms with van der Waals surface area (Å²) in [7, 11) is -3.61. The van der Waals surface area contributed by atoms with Gasteiger partial charge in [-0.25, -0.2) is 18.0 Å². The highest BCUT2D eigenvalue weighted by Crippen LogP contribution is 2.33. The van der Waals surface area contributed by atoms with E-state index in [0.717, 1.165) is 12.8 Å². The van der Waals surface area contributed by atoms with Gasteiger partial charge in [0.1, 0.15) is 5.92 Å². The van der Waals surface area contributed by atoms with Crippen LogP contribution in [0.1, 0.15) is 47.5 Å². The molecule has 1 aromatic rings. The van der Waals surface area contributed by atoms with Gasteiger partial charge in [0.15, 0.2) is 6.10 Å². The molecule has 2 aliphatic rings. The van der Waals surface area contributed by atoms with E-state index in [1.807, 2.05) is 0 Å². The second-order valence-electron chi connectivity index (χ2n) is 9.28. The van der Waals surface area contributed by atoms with E-state index in [9.17, 15) is 27.6 Å². The molecule has 1 amide bonds. The number of allylic oxidation sites excluding steroid dienone is 2. The molecule has 2 N–H and O–H groups in total. The molecule has 2 heterocycles. The fourth-order valence-electron chi connectivity index (χ4n) is 4.52. The highest BCUT2D eigenvalue weighted by molar-refractivity contribution is 7.89. The van der Waals surface area contributed by atoms with Gasteiger partial charge in [-0.1, -0.05) is 0 Å². The first-order valence-corrected chi connectivity index (χ1v) is 14.5. The number of benzene rings is 1. The Morgan fingerprint density at radius 2 is 1.45 bits per heavy atom. The van der Waals surface area contributed by atoms with E-state index in [2.05, 4.69) is 10.6 Å². The maximum atomic E-state index is 13.4. The smallest absolute Gasteiger partial charge is 0.337 e. The monoisotopic (exact) mass is 577 g/mol. The minimum Gasteiger partial charge on any atom is -0.463 e. The van der Waals surface area contributed by atoms with Crippen molar-refractivity contribution in [3.63, 3.8) is 0 Å². The predicted molar refractivity (Wildman–Crippen MR) is 144 cm³/mol. The molecule has 3 rings (SSSR count). The van der Waals surface area contributed by atoms with Gasteiger partial charge in [0, 0.05) is 30.2 Å². The molecule has 1 atom stereocenters. The molecular weight excluding hydrogens is 542 g/mol. The van der Waals surface area contributed by atoms with Gasteiger partial charge < -0.3 is 24.8 Å². The SMILES string of the molecule is CCOC(=O)C1=C(C)NC(C)=C(C(=O)OCC)C1C(=O)O[C@H](C)C(=O)Nc1ccc(S(=O)(=O)N2CCCC2)cc1. The number of hydrogen-bond acceptors (Lipinski definition) is 10. The maximum absolute atomic E-state index is 13.4. The summed E-state index contributed by atoms with van der Waals surface area (Å²) >= 11 is 0. The third-order valence-electron chi connectivity index (χ3n) is 6.47. The number of rotatable bonds is 10. The normalized spacial score (nSPS) is 17.2. The van der Waals surface area contributed by atoms with Crippen LogP contribution in [0.2, 0.25) is 0 Å². The van der Waals surface area contributed by atoms with E-state index in [0.29, 0.717) is 30.2 Å². The number of carbonyl (C=O) groups is 4. The molecule has 0 unspecified atom stereocenters. The number of anilines is 1. The van der Waals surface area contributed by atoms with Crippen molar-refractivity contribution in [1.82, 2.24) is 9.62 Å². The molecule has 0 aromatic heterocycles. The number of ether oxygens (including phenoxy) is 3. The summed E-state index contributed by atoms with van der Waals surface area (Å²) in [5.74, 6) is -4.82. The Hall–Kier alpha value is -3.71. The van der Waals surface area contributed by atoms with Crippen LogP contribution in [0.5, 0.6) is 0 Å². The average Bonchev–Trinajstić information content (AvgIpc) is 3.45. The van der Waals surface area contributed by atoms with Crippen molar-refractivity contribution in [1.29, 1.82) is 0 Å². The lowest BCUT2D eigenvalue weighted by Crippen LogP contribution is -2.40. The summed E-state index contributed by atoms with van der Waals surface area (Å²) in [5.41, 5.74) is 0.644. The van der Waals surface area contributed by atoms with Gasteiger partial charge >= 0.3 is 17.9 Å². The molecule has 1 aromatic carbocycles. The largest absolute Gasteiger partial charge is 0.463 e. The minimum atomic E-state index is -3.61. The van der Waals surface area contributed by atoms with E-state index in [1.54, 1.807) is 27.7 Å². The van der Waals surface area contributed by atoms with E-state index >= 15 is 0 Å². The highest BCUT2D eigenvalue weighted by atomic mass is 32.2. The number of esters is 3. The summed E-state index contributed by atoms with van der Waals surface area (Å²) in [4.78, 5) is 51.9. The number of nitrogens with zero attached hydrogens (tertiary/aromatic N) is 1. The van der Waals surface area contributed by atoms with Gasteiger partial charge in [0.05, 0.1) is 29.3 Å². The first-order valence-electron chi connectivity index (χ1n) is 13.1. The third kappa shape index (κ3) is 6.70. The lowest BCUT2D eigenvalue weighted by atomic mass is 9.85. The Kier molecular flexibility index (Phi) is 10.1. The van der Waals surface area contributed by atoms with Gasteiger partial charge in [0.25, 0.3) is 5.91 Å². The topological polar surface area (TPSA) is 157 Å². The van der Waals surface area contributed by atoms with E-state index in [4.69, 9.17) is 14.2 Å². The third-order valence-corrected chi connectivity index (χ3v) is 8.39. The summed E-state index contributed by atoms with van der Waals surface area (Å²) in [6.07, 6.45) is 0.298. The summed E-state index contributed by atoms with van der Waals surface area (Å²) in [6, 6.07) is 5.68. The van der Waals surface area contributed by atoms with Crippen LogP contribution in [0, 0.1) is 5.92 Å². The first-order chi connectivity index (χ1) is 18.9. The van der Waals surface area contributed by atoms with Crippen molar-refractivity contribution in [2.24, 2.45) is 5.92 Å². The molecule has 0 aliphatic carbocycles. The Balaban J connectivity index is 1.77. The van der Waals surface area contributed by atoms with Crippen LogP contribution in [0.25, 0.3) is 0 Å². The zero-order chi connectivity index (χ0) is 29.6. The van der Waals surface area contributed by atoms with Crippen molar-refractivity contribution in [2.75, 3.05) is 31.6 Å². The molecule has 12 nitrogen and oxygen atoms in total. The van der Waals surface area contributed by atoms with E-state index in [1.165, 1.54) is 35.5 Å². The number of sulfonamides is 1. The van der Waals surface area contributed by atoms with Gasteiger partial charge in [0.2, 0.25) is 10.0 Å². The maximum Gasteiger partial charge on any atom is 0.337 e. The standard InChI is InChI=1S/C27H35N3O9S/c1-6-37-25(32)21-16(3)28-17(4)22(26(33)38-7-2)23(21)27(34)39-18(5)24(31)29-19-10-12-20(13-11-19)40(35,36)30-14-8-9-15-30/h10-13,18,23,28H,6-9,14-15H2,1-5H3,(H,29,31)/t18-/m1/s1. The summed E-state index contributed by atoms with van der Waals surface area (Å²) in [6.45, 7) is 8.67. The fourth-order valence-corrected chi connectivity index (χ4v) is 6.03. The molecule has 13 heteroatoms. The second-order valence-corrected chi connectivity index (χ2v) is 11.2. The molecule has 1 fully saturated rings. The van der Waals surface area contributed by atoms with Crippen LogP contribution < -0.4 is 10.6 Å². The zero-order valence-electron chi connectivity index (χ0n) is 23.2. The van der Waals surface area contributed by atoms with Crippen molar-refractivity contribution in [2.45, 2.75) is 58.5 Å². The van der Waals surface area contributed by atoms with Crippen LogP contribution in [0.15, 0.2) is 51.7 Å². The van der Waals surface area contributed by atoms with Gasteiger partial charge in [-0.05, 0) is 71.7 Å². The predicted octanol–water partition coefficient (Wildman–Crippen LogP) is 2.23. The minimum absolute atomic E-state index is 0.0335. The number of amides is 1. The Morgan fingerprint density at radius 3 is 1.93 bits per heavy atom. The quantitative estimate of drug-likeness (QED) is 0.312. The lowest BCUT2D eigenvalue weighted by molar-refractivity contribution is -0.158. The van der Waals surface area contributed by atoms with E-state index in [-0.39, 0.29) is 29.3 Å². The average molecular weight is 578 g/mol. The van der Waals surface area contributed by atoms with Crippen LogP contribution in [0.3, 0.4) is 0 Å². The number of carbonyl (C=O) groups excluding carboxylic acids is 4.